The number of nitrogens with one attached hydrogen (secondary N) is 1. The molecule has 102 valence electrons. The second-order valence-electron chi connectivity index (χ2n) is 4.38. The first kappa shape index (κ1) is 13.9. The number of halogens is 1. The minimum atomic E-state index is 0.236. The minimum absolute atomic E-state index is 0.236. The first-order chi connectivity index (χ1) is 9.29. The number of anilines is 2. The van der Waals surface area contributed by atoms with Gasteiger partial charge >= 0.3 is 0 Å². The molecule has 0 aliphatic carbocycles. The van der Waals surface area contributed by atoms with Crippen LogP contribution in [-0.2, 0) is 0 Å². The van der Waals surface area contributed by atoms with Crippen LogP contribution in [0.15, 0.2) is 0 Å². The van der Waals surface area contributed by atoms with Crippen LogP contribution in [0.2, 0.25) is 5.28 Å². The smallest absolute Gasteiger partial charge is 0.231 e. The highest BCUT2D eigenvalue weighted by atomic mass is 35.5. The summed E-state index contributed by atoms with van der Waals surface area (Å²) in [5.74, 6) is 7.03. The van der Waals surface area contributed by atoms with Crippen LogP contribution in [0.5, 0.6) is 0 Å². The van der Waals surface area contributed by atoms with E-state index in [1.54, 1.807) is 0 Å². The molecule has 0 unspecified atom stereocenters. The van der Waals surface area contributed by atoms with Gasteiger partial charge in [-0.2, -0.15) is 15.0 Å². The number of rotatable bonds is 4. The fourth-order valence-corrected chi connectivity index (χ4v) is 2.17. The standard InChI is InChI=1S/C13H18ClN5/c1-2-3-5-8-15-12-16-11(14)17-13(18-12)19-9-6-4-7-10-19/h4-10H2,1H3,(H,15,16,17,18). The SMILES string of the molecule is CC#CCCNc1nc(Cl)nc(N2CCCCC2)n1. The minimum Gasteiger partial charge on any atom is -0.353 e. The Morgan fingerprint density at radius 1 is 1.21 bits per heavy atom. The van der Waals surface area contributed by atoms with Gasteiger partial charge in [-0.25, -0.2) is 0 Å². The fraction of sp³-hybridized carbons (Fsp3) is 0.615. The third kappa shape index (κ3) is 4.25. The number of aromatic nitrogens is 3. The lowest BCUT2D eigenvalue weighted by Gasteiger charge is -2.26. The van der Waals surface area contributed by atoms with Gasteiger partial charge in [-0.3, -0.25) is 0 Å². The fourth-order valence-electron chi connectivity index (χ4n) is 2.02. The summed E-state index contributed by atoms with van der Waals surface area (Å²) in [5.41, 5.74) is 0. The second kappa shape index (κ2) is 7.15. The Morgan fingerprint density at radius 3 is 2.74 bits per heavy atom. The lowest BCUT2D eigenvalue weighted by atomic mass is 10.1. The topological polar surface area (TPSA) is 53.9 Å². The Hall–Kier alpha value is -1.54. The molecular formula is C13H18ClN5. The molecule has 0 atom stereocenters. The normalized spacial score (nSPS) is 14.7. The highest BCUT2D eigenvalue weighted by Crippen LogP contribution is 2.18. The highest BCUT2D eigenvalue weighted by Gasteiger charge is 2.15. The second-order valence-corrected chi connectivity index (χ2v) is 4.72. The van der Waals surface area contributed by atoms with Crippen molar-refractivity contribution in [3.63, 3.8) is 0 Å². The summed E-state index contributed by atoms with van der Waals surface area (Å²) in [7, 11) is 0. The molecule has 0 spiro atoms. The molecule has 1 aromatic rings. The lowest BCUT2D eigenvalue weighted by Crippen LogP contribution is -2.31. The molecule has 1 aromatic heterocycles. The van der Waals surface area contributed by atoms with Gasteiger partial charge in [0.05, 0.1) is 0 Å². The zero-order chi connectivity index (χ0) is 13.5. The van der Waals surface area contributed by atoms with Crippen molar-refractivity contribution in [1.82, 2.24) is 15.0 Å². The number of hydrogen-bond donors (Lipinski definition) is 1. The van der Waals surface area contributed by atoms with Gasteiger partial charge in [-0.15, -0.1) is 11.8 Å². The molecule has 1 fully saturated rings. The Labute approximate surface area is 118 Å². The zero-order valence-electron chi connectivity index (χ0n) is 11.1. The van der Waals surface area contributed by atoms with Crippen LogP contribution in [0.4, 0.5) is 11.9 Å². The van der Waals surface area contributed by atoms with Crippen molar-refractivity contribution in [2.24, 2.45) is 0 Å². The third-order valence-electron chi connectivity index (χ3n) is 2.95. The van der Waals surface area contributed by atoms with Crippen LogP contribution < -0.4 is 10.2 Å². The van der Waals surface area contributed by atoms with Crippen LogP contribution in [0.1, 0.15) is 32.6 Å². The maximum atomic E-state index is 5.95. The Bertz CT molecular complexity index is 474. The summed E-state index contributed by atoms with van der Waals surface area (Å²) in [4.78, 5) is 14.9. The van der Waals surface area contributed by atoms with E-state index in [9.17, 15) is 0 Å². The Morgan fingerprint density at radius 2 is 2.00 bits per heavy atom. The number of piperidine rings is 1. The molecule has 5 nitrogen and oxygen atoms in total. The molecule has 2 heterocycles. The molecule has 1 saturated heterocycles. The zero-order valence-corrected chi connectivity index (χ0v) is 11.9. The van der Waals surface area contributed by atoms with E-state index in [-0.39, 0.29) is 5.28 Å². The van der Waals surface area contributed by atoms with Crippen LogP contribution in [0, 0.1) is 11.8 Å². The number of nitrogens with zero attached hydrogens (tertiary/aromatic N) is 4. The Kier molecular flexibility index (Phi) is 5.22. The van der Waals surface area contributed by atoms with Gasteiger partial charge in [0.15, 0.2) is 0 Å². The van der Waals surface area contributed by atoms with E-state index >= 15 is 0 Å². The molecule has 0 radical (unpaired) electrons. The molecule has 0 amide bonds. The lowest BCUT2D eigenvalue weighted by molar-refractivity contribution is 0.567. The van der Waals surface area contributed by atoms with E-state index in [2.05, 4.69) is 37.0 Å². The monoisotopic (exact) mass is 279 g/mol. The van der Waals surface area contributed by atoms with Gasteiger partial charge in [-0.1, -0.05) is 0 Å². The van der Waals surface area contributed by atoms with Crippen LogP contribution in [-0.4, -0.2) is 34.6 Å². The summed E-state index contributed by atoms with van der Waals surface area (Å²) >= 11 is 5.95. The molecule has 0 aromatic carbocycles. The van der Waals surface area contributed by atoms with Crippen LogP contribution in [0.25, 0.3) is 0 Å². The van der Waals surface area contributed by atoms with Crippen molar-refractivity contribution in [2.75, 3.05) is 29.9 Å². The summed E-state index contributed by atoms with van der Waals surface area (Å²) in [6.07, 6.45) is 4.39. The molecule has 6 heteroatoms. The summed E-state index contributed by atoms with van der Waals surface area (Å²) in [6.45, 7) is 4.51. The highest BCUT2D eigenvalue weighted by molar-refractivity contribution is 6.28. The average molecular weight is 280 g/mol. The average Bonchev–Trinajstić information content (AvgIpc) is 2.44. The van der Waals surface area contributed by atoms with Gasteiger partial charge in [0.2, 0.25) is 17.2 Å². The van der Waals surface area contributed by atoms with Crippen LogP contribution >= 0.6 is 11.6 Å². The first-order valence-corrected chi connectivity index (χ1v) is 6.97. The summed E-state index contributed by atoms with van der Waals surface area (Å²) in [5, 5.41) is 3.36. The maximum Gasteiger partial charge on any atom is 0.231 e. The molecule has 1 aliphatic rings. The van der Waals surface area contributed by atoms with Gasteiger partial charge < -0.3 is 10.2 Å². The molecule has 19 heavy (non-hydrogen) atoms. The van der Waals surface area contributed by atoms with E-state index < -0.39 is 0 Å². The summed E-state index contributed by atoms with van der Waals surface area (Å²) < 4.78 is 0. The molecule has 0 saturated carbocycles. The van der Waals surface area contributed by atoms with E-state index in [4.69, 9.17) is 11.6 Å². The van der Waals surface area contributed by atoms with Crippen molar-refractivity contribution in [3.05, 3.63) is 5.28 Å². The van der Waals surface area contributed by atoms with E-state index in [1.807, 2.05) is 6.92 Å². The van der Waals surface area contributed by atoms with Gasteiger partial charge in [0.1, 0.15) is 0 Å². The predicted molar refractivity (Wildman–Crippen MR) is 77.5 cm³/mol. The van der Waals surface area contributed by atoms with E-state index in [1.165, 1.54) is 19.3 Å². The van der Waals surface area contributed by atoms with Crippen molar-refractivity contribution in [3.8, 4) is 11.8 Å². The quantitative estimate of drug-likeness (QED) is 0.677. The third-order valence-corrected chi connectivity index (χ3v) is 3.11. The van der Waals surface area contributed by atoms with Crippen molar-refractivity contribution in [2.45, 2.75) is 32.6 Å². The van der Waals surface area contributed by atoms with E-state index in [0.29, 0.717) is 18.4 Å². The van der Waals surface area contributed by atoms with Crippen molar-refractivity contribution in [1.29, 1.82) is 0 Å². The predicted octanol–water partition coefficient (Wildman–Crippen LogP) is 2.34. The molecule has 1 aliphatic heterocycles. The van der Waals surface area contributed by atoms with Crippen molar-refractivity contribution >= 4 is 23.5 Å². The Balaban J connectivity index is 2.02. The van der Waals surface area contributed by atoms with E-state index in [0.717, 1.165) is 19.5 Å². The molecular weight excluding hydrogens is 262 g/mol. The molecule has 1 N–H and O–H groups in total. The molecule has 2 rings (SSSR count). The van der Waals surface area contributed by atoms with Gasteiger partial charge in [-0.05, 0) is 37.8 Å². The number of hydrogen-bond acceptors (Lipinski definition) is 5. The molecule has 0 bridgehead atoms. The largest absolute Gasteiger partial charge is 0.353 e. The van der Waals surface area contributed by atoms with Crippen molar-refractivity contribution < 1.29 is 0 Å². The maximum absolute atomic E-state index is 5.95. The van der Waals surface area contributed by atoms with Gasteiger partial charge in [0.25, 0.3) is 0 Å². The van der Waals surface area contributed by atoms with Crippen LogP contribution in [0.3, 0.4) is 0 Å². The summed E-state index contributed by atoms with van der Waals surface area (Å²) in [6, 6.07) is 0. The first-order valence-electron chi connectivity index (χ1n) is 6.59. The van der Waals surface area contributed by atoms with Gasteiger partial charge in [0, 0.05) is 26.1 Å².